The molecule has 4 heterocycles. The second-order valence-corrected chi connectivity index (χ2v) is 12.4. The predicted octanol–water partition coefficient (Wildman–Crippen LogP) is 6.85. The molecule has 1 amide bonds. The van der Waals surface area contributed by atoms with Crippen molar-refractivity contribution < 1.29 is 36.9 Å². The number of nitrogens with zero attached hydrogens (tertiary/aromatic N) is 3. The lowest BCUT2D eigenvalue weighted by atomic mass is 10.1. The van der Waals surface area contributed by atoms with Gasteiger partial charge in [-0.1, -0.05) is 0 Å². The Morgan fingerprint density at radius 2 is 1.80 bits per heavy atom. The summed E-state index contributed by atoms with van der Waals surface area (Å²) in [5.41, 5.74) is 0.748. The van der Waals surface area contributed by atoms with E-state index in [2.05, 4.69) is 15.2 Å². The summed E-state index contributed by atoms with van der Waals surface area (Å²) in [5, 5.41) is 3.15. The van der Waals surface area contributed by atoms with Gasteiger partial charge in [-0.3, -0.25) is 19.1 Å². The zero-order valence-electron chi connectivity index (χ0n) is 27.8. The minimum absolute atomic E-state index is 0.0862. The van der Waals surface area contributed by atoms with Gasteiger partial charge < -0.3 is 29.2 Å². The highest BCUT2D eigenvalue weighted by Gasteiger charge is 2.27. The van der Waals surface area contributed by atoms with Crippen LogP contribution in [-0.4, -0.2) is 66.5 Å². The molecule has 2 aromatic heterocycles. The molecule has 1 saturated heterocycles. The van der Waals surface area contributed by atoms with Crippen molar-refractivity contribution in [1.29, 1.82) is 0 Å². The molecule has 0 atom stereocenters. The van der Waals surface area contributed by atoms with Crippen LogP contribution in [0.3, 0.4) is 0 Å². The summed E-state index contributed by atoms with van der Waals surface area (Å²) in [7, 11) is 1.52. The molecule has 51 heavy (non-hydrogen) atoms. The number of piperidine rings is 1. The van der Waals surface area contributed by atoms with E-state index >= 15 is 4.39 Å². The number of methoxy groups -OCH3 is 1. The van der Waals surface area contributed by atoms with E-state index in [1.807, 2.05) is 0 Å². The predicted molar refractivity (Wildman–Crippen MR) is 185 cm³/mol. The Morgan fingerprint density at radius 1 is 1.00 bits per heavy atom. The van der Waals surface area contributed by atoms with Crippen LogP contribution in [0.5, 0.6) is 28.7 Å². The lowest BCUT2D eigenvalue weighted by Crippen LogP contribution is -2.35. The van der Waals surface area contributed by atoms with E-state index in [0.717, 1.165) is 32.1 Å². The van der Waals surface area contributed by atoms with Gasteiger partial charge in [-0.15, -0.1) is 0 Å². The van der Waals surface area contributed by atoms with E-state index in [4.69, 9.17) is 18.9 Å². The average Bonchev–Trinajstić information content (AvgIpc) is 3.60. The Morgan fingerprint density at radius 3 is 2.57 bits per heavy atom. The van der Waals surface area contributed by atoms with Crippen molar-refractivity contribution in [3.63, 3.8) is 0 Å². The maximum absolute atomic E-state index is 15.5. The fraction of sp³-hybridized carbons (Fsp3) is 0.289. The number of alkyl halides is 1. The van der Waals surface area contributed by atoms with Crippen LogP contribution in [0.1, 0.15) is 35.2 Å². The van der Waals surface area contributed by atoms with Crippen LogP contribution in [0.2, 0.25) is 0 Å². The van der Waals surface area contributed by atoms with Gasteiger partial charge >= 0.3 is 0 Å². The van der Waals surface area contributed by atoms with Gasteiger partial charge in [0.15, 0.2) is 23.1 Å². The molecule has 0 unspecified atom stereocenters. The molecule has 13 heteroatoms. The van der Waals surface area contributed by atoms with Crippen molar-refractivity contribution in [3.8, 4) is 34.4 Å². The Balaban J connectivity index is 1.06. The first-order valence-corrected chi connectivity index (χ1v) is 16.7. The summed E-state index contributed by atoms with van der Waals surface area (Å²) in [6.45, 7) is 3.03. The number of carbonyl (C=O) groups is 1. The first-order chi connectivity index (χ1) is 24.8. The molecule has 0 saturated carbocycles. The number of rotatable bonds is 11. The number of anilines is 1. The number of pyridine rings is 2. The number of hydrogen-bond donors (Lipinski definition) is 1. The van der Waals surface area contributed by atoms with Crippen molar-refractivity contribution in [1.82, 2.24) is 14.5 Å². The average molecular weight is 701 g/mol. The van der Waals surface area contributed by atoms with Crippen molar-refractivity contribution in [2.24, 2.45) is 0 Å². The van der Waals surface area contributed by atoms with Gasteiger partial charge in [-0.25, -0.2) is 13.2 Å². The van der Waals surface area contributed by atoms with Crippen LogP contribution in [0.15, 0.2) is 77.9 Å². The van der Waals surface area contributed by atoms with Crippen LogP contribution in [0.25, 0.3) is 16.6 Å². The van der Waals surface area contributed by atoms with E-state index in [0.29, 0.717) is 65.3 Å². The van der Waals surface area contributed by atoms with Crippen LogP contribution >= 0.6 is 0 Å². The van der Waals surface area contributed by atoms with E-state index in [1.54, 1.807) is 24.4 Å². The van der Waals surface area contributed by atoms with Crippen molar-refractivity contribution >= 4 is 22.5 Å². The molecule has 0 aliphatic carbocycles. The van der Waals surface area contributed by atoms with E-state index in [1.165, 1.54) is 54.3 Å². The number of benzene rings is 3. The van der Waals surface area contributed by atoms with E-state index in [9.17, 15) is 18.4 Å². The minimum atomic E-state index is -0.783. The van der Waals surface area contributed by atoms with Gasteiger partial charge in [-0.05, 0) is 67.8 Å². The maximum atomic E-state index is 15.5. The molecular formula is C38H35F3N4O6. The van der Waals surface area contributed by atoms with Crippen LogP contribution in [-0.2, 0) is 6.42 Å². The van der Waals surface area contributed by atoms with Gasteiger partial charge in [0.2, 0.25) is 0 Å². The molecule has 0 spiro atoms. The second-order valence-electron chi connectivity index (χ2n) is 12.4. The zero-order valence-corrected chi connectivity index (χ0v) is 27.8. The first-order valence-electron chi connectivity index (χ1n) is 16.7. The molecule has 5 aromatic rings. The number of carbonyl (C=O) groups excluding carboxylic acids is 1. The van der Waals surface area contributed by atoms with Gasteiger partial charge in [0, 0.05) is 72.9 Å². The smallest absolute Gasteiger partial charge is 0.271 e. The molecule has 0 bridgehead atoms. The lowest BCUT2D eigenvalue weighted by Gasteiger charge is -2.28. The highest BCUT2D eigenvalue weighted by atomic mass is 19.1. The fourth-order valence-corrected chi connectivity index (χ4v) is 6.31. The summed E-state index contributed by atoms with van der Waals surface area (Å²) in [6.07, 6.45) is 4.78. The van der Waals surface area contributed by atoms with E-state index in [-0.39, 0.29) is 29.4 Å². The highest BCUT2D eigenvalue weighted by molar-refractivity contribution is 6.06. The largest absolute Gasteiger partial charge is 0.493 e. The molecule has 2 aliphatic rings. The monoisotopic (exact) mass is 700 g/mol. The SMILES string of the molecule is COc1cc2c(Oc3ccc(NC(=O)c4c5c(cn(-c6ccc(F)cc6)c4=O)CCO5)cc3F)ccnc2cc1OCCCN1CCC(F)CC1. The third-order valence-electron chi connectivity index (χ3n) is 8.98. The van der Waals surface area contributed by atoms with Crippen LogP contribution in [0, 0.1) is 11.6 Å². The summed E-state index contributed by atoms with van der Waals surface area (Å²) in [4.78, 5) is 33.6. The zero-order chi connectivity index (χ0) is 35.5. The van der Waals surface area contributed by atoms with Crippen molar-refractivity contribution in [2.75, 3.05) is 45.3 Å². The summed E-state index contributed by atoms with van der Waals surface area (Å²) < 4.78 is 66.9. The Kier molecular flexibility index (Phi) is 9.80. The summed E-state index contributed by atoms with van der Waals surface area (Å²) >= 11 is 0. The molecule has 1 N–H and O–H groups in total. The maximum Gasteiger partial charge on any atom is 0.271 e. The topological polar surface area (TPSA) is 104 Å². The highest BCUT2D eigenvalue weighted by Crippen LogP contribution is 2.38. The fourth-order valence-electron chi connectivity index (χ4n) is 6.31. The molecule has 10 nitrogen and oxygen atoms in total. The van der Waals surface area contributed by atoms with Crippen LogP contribution in [0.4, 0.5) is 18.9 Å². The molecule has 2 aliphatic heterocycles. The summed E-state index contributed by atoms with van der Waals surface area (Å²) in [6, 6.07) is 14.3. The molecule has 7 rings (SSSR count). The first kappa shape index (κ1) is 33.9. The molecule has 264 valence electrons. The Labute approximate surface area is 291 Å². The molecule has 0 radical (unpaired) electrons. The van der Waals surface area contributed by atoms with Gasteiger partial charge in [0.05, 0.1) is 25.8 Å². The second kappa shape index (κ2) is 14.7. The number of nitrogens with one attached hydrogen (secondary N) is 1. The normalized spacial score (nSPS) is 14.6. The number of amides is 1. The third-order valence-corrected chi connectivity index (χ3v) is 8.98. The minimum Gasteiger partial charge on any atom is -0.493 e. The van der Waals surface area contributed by atoms with Gasteiger partial charge in [0.25, 0.3) is 11.5 Å². The van der Waals surface area contributed by atoms with Crippen molar-refractivity contribution in [2.45, 2.75) is 31.9 Å². The van der Waals surface area contributed by atoms with Gasteiger partial charge in [-0.2, -0.15) is 0 Å². The number of hydrogen-bond acceptors (Lipinski definition) is 8. The number of aromatic nitrogens is 2. The molecular weight excluding hydrogens is 665 g/mol. The van der Waals surface area contributed by atoms with Crippen LogP contribution < -0.4 is 29.8 Å². The lowest BCUT2D eigenvalue weighted by molar-refractivity contribution is 0.102. The standard InChI is InChI=1S/C38H35F3N4O6/c1-48-33-20-28-30(21-34(33)49-17-2-14-44-15-10-25(40)11-16-44)42-13-9-31(28)51-32-8-5-26(19-29(32)41)43-37(46)35-36-23(12-18-50-36)22-45(38(35)47)27-6-3-24(39)4-7-27/h3-9,13,19-22,25H,2,10-12,14-18H2,1H3,(H,43,46). The number of ether oxygens (including phenoxy) is 4. The molecule has 1 fully saturated rings. The Bertz CT molecular complexity index is 2130. The Hall–Kier alpha value is -5.56. The number of halogens is 3. The molecule has 3 aromatic carbocycles. The summed E-state index contributed by atoms with van der Waals surface area (Å²) in [5.74, 6) is -0.689. The third kappa shape index (κ3) is 7.34. The number of likely N-dealkylation sites (tertiary alicyclic amines) is 1. The van der Waals surface area contributed by atoms with Crippen molar-refractivity contribution in [3.05, 3.63) is 106 Å². The number of fused-ring (bicyclic) bond motifs is 2. The van der Waals surface area contributed by atoms with E-state index < -0.39 is 29.3 Å². The van der Waals surface area contributed by atoms with Gasteiger partial charge in [0.1, 0.15) is 29.1 Å². The quantitative estimate of drug-likeness (QED) is 0.149.